The zero-order chi connectivity index (χ0) is 22.0. The Morgan fingerprint density at radius 2 is 1.68 bits per heavy atom. The van der Waals surface area contributed by atoms with Crippen molar-refractivity contribution in [2.75, 3.05) is 13.1 Å². The topological polar surface area (TPSA) is 62.7 Å². The monoisotopic (exact) mass is 444 g/mol. The maximum absolute atomic E-state index is 13.2. The van der Waals surface area contributed by atoms with Gasteiger partial charge in [-0.1, -0.05) is 0 Å². The first-order valence-corrected chi connectivity index (χ1v) is 10.9. The predicted molar refractivity (Wildman–Crippen MR) is 114 cm³/mol. The number of amides is 1. The van der Waals surface area contributed by atoms with Crippen LogP contribution >= 0.6 is 11.3 Å². The molecule has 1 saturated heterocycles. The highest BCUT2D eigenvalue weighted by atomic mass is 32.1. The normalized spacial score (nSPS) is 19.2. The van der Waals surface area contributed by atoms with Gasteiger partial charge in [0.15, 0.2) is 0 Å². The molecule has 0 saturated carbocycles. The van der Waals surface area contributed by atoms with E-state index in [1.807, 2.05) is 0 Å². The van der Waals surface area contributed by atoms with Crippen LogP contribution in [0, 0.1) is 18.6 Å². The summed E-state index contributed by atoms with van der Waals surface area (Å²) < 4.78 is 32.1. The predicted octanol–water partition coefficient (Wildman–Crippen LogP) is 4.44. The molecule has 3 aromatic rings. The molecule has 4 rings (SSSR count). The molecule has 0 spiro atoms. The van der Waals surface area contributed by atoms with Crippen LogP contribution in [0.1, 0.15) is 28.2 Å². The van der Waals surface area contributed by atoms with Crippen molar-refractivity contribution in [3.05, 3.63) is 70.7 Å². The van der Waals surface area contributed by atoms with Crippen molar-refractivity contribution in [1.29, 1.82) is 0 Å². The molecule has 1 amide bonds. The quantitative estimate of drug-likeness (QED) is 0.646. The molecule has 1 fully saturated rings. The number of aliphatic hydroxyl groups excluding tert-OH is 1. The van der Waals surface area contributed by atoms with Crippen LogP contribution in [0.3, 0.4) is 0 Å². The number of rotatable bonds is 4. The van der Waals surface area contributed by atoms with Crippen LogP contribution in [-0.4, -0.2) is 46.2 Å². The number of aromatic nitrogens is 1. The Kier molecular flexibility index (Phi) is 6.29. The fourth-order valence-electron chi connectivity index (χ4n) is 3.54. The van der Waals surface area contributed by atoms with Crippen molar-refractivity contribution >= 4 is 17.2 Å². The molecule has 1 aliphatic rings. The van der Waals surface area contributed by atoms with Gasteiger partial charge in [0, 0.05) is 25.1 Å². The molecule has 0 radical (unpaired) electrons. The number of likely N-dealkylation sites (tertiary alicyclic amines) is 1. The van der Waals surface area contributed by atoms with E-state index in [9.17, 15) is 18.7 Å². The first kappa shape index (κ1) is 21.4. The van der Waals surface area contributed by atoms with Gasteiger partial charge in [0.1, 0.15) is 33.4 Å². The lowest BCUT2D eigenvalue weighted by Gasteiger charge is -2.21. The molecule has 8 heteroatoms. The molecule has 162 valence electrons. The Hall–Kier alpha value is -2.84. The molecule has 0 aliphatic carbocycles. The van der Waals surface area contributed by atoms with E-state index in [-0.39, 0.29) is 17.5 Å². The second-order valence-corrected chi connectivity index (χ2v) is 8.49. The van der Waals surface area contributed by atoms with Gasteiger partial charge in [-0.25, -0.2) is 13.8 Å². The number of hydrogen-bond acceptors (Lipinski definition) is 5. The lowest BCUT2D eigenvalue weighted by molar-refractivity contribution is 0.0349. The highest BCUT2D eigenvalue weighted by molar-refractivity contribution is 7.17. The summed E-state index contributed by atoms with van der Waals surface area (Å²) in [4.78, 5) is 19.9. The molecule has 0 unspecified atom stereocenters. The first-order chi connectivity index (χ1) is 14.9. The average Bonchev–Trinajstić information content (AvgIpc) is 3.05. The van der Waals surface area contributed by atoms with E-state index in [0.717, 1.165) is 5.56 Å². The summed E-state index contributed by atoms with van der Waals surface area (Å²) in [5.74, 6) is -0.343. The van der Waals surface area contributed by atoms with Crippen molar-refractivity contribution in [1.82, 2.24) is 9.88 Å². The average molecular weight is 445 g/mol. The molecule has 1 aliphatic heterocycles. The molecule has 1 N–H and O–H groups in total. The van der Waals surface area contributed by atoms with E-state index in [4.69, 9.17) is 4.74 Å². The zero-order valence-electron chi connectivity index (χ0n) is 16.9. The number of hydrogen-bond donors (Lipinski definition) is 1. The van der Waals surface area contributed by atoms with E-state index in [0.29, 0.717) is 47.3 Å². The number of ether oxygens (including phenoxy) is 1. The Balaban J connectivity index is 1.46. The molecule has 5 nitrogen and oxygen atoms in total. The highest BCUT2D eigenvalue weighted by Crippen LogP contribution is 2.30. The SMILES string of the molecule is Cc1nc(-c2ccc(F)cc2)sc1C(=O)N1CC[C@H](Oc2ccc(F)cc2)[C@@H](O)CC1. The van der Waals surface area contributed by atoms with E-state index in [1.165, 1.54) is 47.7 Å². The summed E-state index contributed by atoms with van der Waals surface area (Å²) in [6.45, 7) is 2.60. The minimum absolute atomic E-state index is 0.141. The molecule has 2 atom stereocenters. The number of aryl methyl sites for hydroxylation is 1. The van der Waals surface area contributed by atoms with Crippen molar-refractivity contribution in [2.24, 2.45) is 0 Å². The molecule has 2 aromatic carbocycles. The van der Waals surface area contributed by atoms with Crippen molar-refractivity contribution in [2.45, 2.75) is 32.0 Å². The van der Waals surface area contributed by atoms with Crippen LogP contribution in [0.15, 0.2) is 48.5 Å². The largest absolute Gasteiger partial charge is 0.488 e. The summed E-state index contributed by atoms with van der Waals surface area (Å²) in [7, 11) is 0. The minimum Gasteiger partial charge on any atom is -0.488 e. The Bertz CT molecular complexity index is 1050. The van der Waals surface area contributed by atoms with Gasteiger partial charge in [-0.05, 0) is 61.9 Å². The zero-order valence-corrected chi connectivity index (χ0v) is 17.7. The number of nitrogens with zero attached hydrogens (tertiary/aromatic N) is 2. The van der Waals surface area contributed by atoms with Crippen molar-refractivity contribution < 1.29 is 23.4 Å². The Morgan fingerprint density at radius 3 is 2.35 bits per heavy atom. The molecule has 31 heavy (non-hydrogen) atoms. The lowest BCUT2D eigenvalue weighted by atomic mass is 10.1. The fraction of sp³-hybridized carbons (Fsp3) is 0.304. The van der Waals surface area contributed by atoms with E-state index >= 15 is 0 Å². The van der Waals surface area contributed by atoms with Crippen LogP contribution < -0.4 is 4.74 Å². The van der Waals surface area contributed by atoms with Crippen LogP contribution in [-0.2, 0) is 0 Å². The lowest BCUT2D eigenvalue weighted by Crippen LogP contribution is -2.32. The standard InChI is InChI=1S/C23H22F2N2O3S/c1-14-21(31-22(26-14)15-2-4-16(24)5-3-15)23(29)27-12-10-19(28)20(11-13-27)30-18-8-6-17(25)7-9-18/h2-9,19-20,28H,10-13H2,1H3/t19-,20-/m0/s1. The first-order valence-electron chi connectivity index (χ1n) is 10.0. The van der Waals surface area contributed by atoms with Gasteiger partial charge in [-0.15, -0.1) is 11.3 Å². The number of thiazole rings is 1. The minimum atomic E-state index is -0.736. The van der Waals surface area contributed by atoms with Gasteiger partial charge in [0.05, 0.1) is 11.8 Å². The van der Waals surface area contributed by atoms with Crippen molar-refractivity contribution in [3.63, 3.8) is 0 Å². The van der Waals surface area contributed by atoms with Gasteiger partial charge in [-0.2, -0.15) is 0 Å². The van der Waals surface area contributed by atoms with Gasteiger partial charge in [0.2, 0.25) is 0 Å². The number of carbonyl (C=O) groups is 1. The van der Waals surface area contributed by atoms with Crippen LogP contribution in [0.4, 0.5) is 8.78 Å². The van der Waals surface area contributed by atoms with Gasteiger partial charge in [-0.3, -0.25) is 4.79 Å². The molecule has 1 aromatic heterocycles. The van der Waals surface area contributed by atoms with Crippen LogP contribution in [0.2, 0.25) is 0 Å². The Morgan fingerprint density at radius 1 is 1.06 bits per heavy atom. The van der Waals surface area contributed by atoms with E-state index in [2.05, 4.69) is 4.98 Å². The van der Waals surface area contributed by atoms with Gasteiger partial charge in [0.25, 0.3) is 5.91 Å². The molecule has 2 heterocycles. The second kappa shape index (κ2) is 9.11. The number of benzene rings is 2. The van der Waals surface area contributed by atoms with E-state index in [1.54, 1.807) is 24.0 Å². The summed E-state index contributed by atoms with van der Waals surface area (Å²) in [6.07, 6.45) is -0.395. The molecule has 0 bridgehead atoms. The highest BCUT2D eigenvalue weighted by Gasteiger charge is 2.30. The fourth-order valence-corrected chi connectivity index (χ4v) is 4.58. The van der Waals surface area contributed by atoms with Crippen molar-refractivity contribution in [3.8, 4) is 16.3 Å². The van der Waals surface area contributed by atoms with Crippen LogP contribution in [0.25, 0.3) is 10.6 Å². The Labute approximate surface area is 182 Å². The number of halogens is 2. The third-order valence-corrected chi connectivity index (χ3v) is 6.47. The van der Waals surface area contributed by atoms with Crippen LogP contribution in [0.5, 0.6) is 5.75 Å². The second-order valence-electron chi connectivity index (χ2n) is 7.49. The third-order valence-electron chi connectivity index (χ3n) is 5.28. The smallest absolute Gasteiger partial charge is 0.265 e. The third kappa shape index (κ3) is 4.91. The summed E-state index contributed by atoms with van der Waals surface area (Å²) >= 11 is 1.28. The molecular weight excluding hydrogens is 422 g/mol. The number of carbonyl (C=O) groups excluding carboxylic acids is 1. The maximum atomic E-state index is 13.2. The summed E-state index contributed by atoms with van der Waals surface area (Å²) in [5.41, 5.74) is 1.38. The summed E-state index contributed by atoms with van der Waals surface area (Å²) in [6, 6.07) is 11.7. The van der Waals surface area contributed by atoms with Gasteiger partial charge < -0.3 is 14.7 Å². The van der Waals surface area contributed by atoms with Gasteiger partial charge >= 0.3 is 0 Å². The van der Waals surface area contributed by atoms with E-state index < -0.39 is 12.2 Å². The molecular formula is C23H22F2N2O3S. The maximum Gasteiger partial charge on any atom is 0.265 e. The summed E-state index contributed by atoms with van der Waals surface area (Å²) in [5, 5.41) is 11.1. The number of aliphatic hydroxyl groups is 1.